The molecule has 0 aliphatic heterocycles. The van der Waals surface area contributed by atoms with Gasteiger partial charge in [0.25, 0.3) is 0 Å². The number of nitrogens with two attached hydrogens (primary N) is 1. The second-order valence-electron chi connectivity index (χ2n) is 4.74. The van der Waals surface area contributed by atoms with E-state index in [9.17, 15) is 0 Å². The molecule has 0 spiro atoms. The highest BCUT2D eigenvalue weighted by Gasteiger charge is 2.19. The molecular formula is C12H20N6S. The van der Waals surface area contributed by atoms with E-state index in [0.717, 1.165) is 29.1 Å². The first-order chi connectivity index (χ1) is 9.15. The highest BCUT2D eigenvalue weighted by molar-refractivity contribution is 7.05. The summed E-state index contributed by atoms with van der Waals surface area (Å²) in [7, 11) is 0. The van der Waals surface area contributed by atoms with Gasteiger partial charge in [-0.15, -0.1) is 5.10 Å². The SMILES string of the molecule is CCc1nnsc1C(Cc1ccn(C(C)C)n1)NN. The number of hydrogen-bond donors (Lipinski definition) is 2. The standard InChI is InChI=1S/C12H20N6S/c1-4-10-12(19-17-15-10)11(14-13)7-9-5-6-18(16-9)8(2)3/h5-6,8,11,14H,4,7,13H2,1-3H3. The Kier molecular flexibility index (Phi) is 4.62. The van der Waals surface area contributed by atoms with Crippen LogP contribution in [0, 0.1) is 0 Å². The van der Waals surface area contributed by atoms with E-state index in [4.69, 9.17) is 5.84 Å². The molecule has 0 saturated heterocycles. The number of nitrogens with one attached hydrogen (secondary N) is 1. The lowest BCUT2D eigenvalue weighted by Crippen LogP contribution is -2.29. The van der Waals surface area contributed by atoms with E-state index >= 15 is 0 Å². The number of nitrogens with zero attached hydrogens (tertiary/aromatic N) is 4. The molecule has 0 radical (unpaired) electrons. The molecule has 2 heterocycles. The van der Waals surface area contributed by atoms with E-state index in [1.54, 1.807) is 0 Å². The van der Waals surface area contributed by atoms with Gasteiger partial charge in [0.15, 0.2) is 0 Å². The van der Waals surface area contributed by atoms with Crippen molar-refractivity contribution in [1.29, 1.82) is 0 Å². The van der Waals surface area contributed by atoms with Crippen LogP contribution in [0.1, 0.15) is 49.1 Å². The van der Waals surface area contributed by atoms with Gasteiger partial charge in [-0.2, -0.15) is 5.10 Å². The van der Waals surface area contributed by atoms with E-state index in [0.29, 0.717) is 6.04 Å². The molecule has 6 nitrogen and oxygen atoms in total. The Morgan fingerprint density at radius 3 is 2.84 bits per heavy atom. The van der Waals surface area contributed by atoms with Crippen LogP contribution < -0.4 is 11.3 Å². The molecule has 3 N–H and O–H groups in total. The van der Waals surface area contributed by atoms with Crippen LogP contribution >= 0.6 is 11.5 Å². The number of aromatic nitrogens is 4. The van der Waals surface area contributed by atoms with Gasteiger partial charge in [-0.3, -0.25) is 16.0 Å². The highest BCUT2D eigenvalue weighted by Crippen LogP contribution is 2.23. The van der Waals surface area contributed by atoms with E-state index in [1.165, 1.54) is 11.5 Å². The summed E-state index contributed by atoms with van der Waals surface area (Å²) in [5.41, 5.74) is 4.88. The van der Waals surface area contributed by atoms with Gasteiger partial charge < -0.3 is 0 Å². The minimum Gasteiger partial charge on any atom is -0.271 e. The van der Waals surface area contributed by atoms with E-state index in [1.807, 2.05) is 16.9 Å². The molecule has 0 aliphatic rings. The molecule has 0 aliphatic carbocycles. The second kappa shape index (κ2) is 6.23. The van der Waals surface area contributed by atoms with Crippen LogP contribution in [0.15, 0.2) is 12.3 Å². The summed E-state index contributed by atoms with van der Waals surface area (Å²) in [6.45, 7) is 6.29. The van der Waals surface area contributed by atoms with Crippen LogP contribution in [0.5, 0.6) is 0 Å². The van der Waals surface area contributed by atoms with Crippen LogP contribution in [0.3, 0.4) is 0 Å². The van der Waals surface area contributed by atoms with Crippen molar-refractivity contribution in [3.8, 4) is 0 Å². The Morgan fingerprint density at radius 1 is 1.47 bits per heavy atom. The van der Waals surface area contributed by atoms with Crippen LogP contribution in [0.2, 0.25) is 0 Å². The zero-order valence-electron chi connectivity index (χ0n) is 11.5. The number of rotatable bonds is 6. The zero-order chi connectivity index (χ0) is 13.8. The van der Waals surface area contributed by atoms with E-state index < -0.39 is 0 Å². The first-order valence-electron chi connectivity index (χ1n) is 6.47. The van der Waals surface area contributed by atoms with Gasteiger partial charge >= 0.3 is 0 Å². The first kappa shape index (κ1) is 14.1. The Bertz CT molecular complexity index is 518. The van der Waals surface area contributed by atoms with Crippen molar-refractivity contribution in [2.24, 2.45) is 5.84 Å². The molecule has 7 heteroatoms. The van der Waals surface area contributed by atoms with Gasteiger partial charge in [-0.1, -0.05) is 11.4 Å². The van der Waals surface area contributed by atoms with Crippen molar-refractivity contribution in [3.63, 3.8) is 0 Å². The lowest BCUT2D eigenvalue weighted by atomic mass is 10.1. The predicted octanol–water partition coefficient (Wildman–Crippen LogP) is 1.62. The molecule has 1 atom stereocenters. The van der Waals surface area contributed by atoms with Crippen molar-refractivity contribution >= 4 is 11.5 Å². The van der Waals surface area contributed by atoms with Crippen molar-refractivity contribution in [3.05, 3.63) is 28.5 Å². The van der Waals surface area contributed by atoms with Crippen LogP contribution in [-0.4, -0.2) is 19.4 Å². The Balaban J connectivity index is 2.14. The largest absolute Gasteiger partial charge is 0.271 e. The quantitative estimate of drug-likeness (QED) is 0.621. The maximum Gasteiger partial charge on any atom is 0.0801 e. The fourth-order valence-corrected chi connectivity index (χ4v) is 2.73. The van der Waals surface area contributed by atoms with Gasteiger partial charge in [0.1, 0.15) is 0 Å². The number of aryl methyl sites for hydroxylation is 1. The molecule has 2 rings (SSSR count). The Hall–Kier alpha value is -1.31. The summed E-state index contributed by atoms with van der Waals surface area (Å²) < 4.78 is 5.96. The van der Waals surface area contributed by atoms with Crippen molar-refractivity contribution in [2.45, 2.75) is 45.7 Å². The third kappa shape index (κ3) is 3.17. The maximum atomic E-state index is 5.67. The fraction of sp³-hybridized carbons (Fsp3) is 0.583. The van der Waals surface area contributed by atoms with Crippen molar-refractivity contribution in [1.82, 2.24) is 24.8 Å². The molecule has 2 aromatic rings. The average molecular weight is 280 g/mol. The minimum absolute atomic E-state index is 0.0189. The van der Waals surface area contributed by atoms with Crippen molar-refractivity contribution < 1.29 is 0 Å². The molecule has 19 heavy (non-hydrogen) atoms. The fourth-order valence-electron chi connectivity index (χ4n) is 1.94. The summed E-state index contributed by atoms with van der Waals surface area (Å²) in [5.74, 6) is 5.67. The second-order valence-corrected chi connectivity index (χ2v) is 5.53. The summed E-state index contributed by atoms with van der Waals surface area (Å²) in [5, 5.41) is 8.67. The monoisotopic (exact) mass is 280 g/mol. The zero-order valence-corrected chi connectivity index (χ0v) is 12.3. The molecule has 0 aromatic carbocycles. The third-order valence-electron chi connectivity index (χ3n) is 3.04. The van der Waals surface area contributed by atoms with Crippen molar-refractivity contribution in [2.75, 3.05) is 0 Å². The summed E-state index contributed by atoms with van der Waals surface area (Å²) in [6, 6.07) is 2.42. The predicted molar refractivity (Wildman–Crippen MR) is 75.7 cm³/mol. The molecule has 2 aromatic heterocycles. The summed E-state index contributed by atoms with van der Waals surface area (Å²) in [4.78, 5) is 1.10. The van der Waals surface area contributed by atoms with Gasteiger partial charge in [0, 0.05) is 18.7 Å². The summed E-state index contributed by atoms with van der Waals surface area (Å²) >= 11 is 1.40. The lowest BCUT2D eigenvalue weighted by molar-refractivity contribution is 0.508. The molecule has 0 saturated carbocycles. The van der Waals surface area contributed by atoms with Gasteiger partial charge in [0.05, 0.1) is 22.3 Å². The Morgan fingerprint density at radius 2 is 2.26 bits per heavy atom. The molecule has 0 amide bonds. The average Bonchev–Trinajstić information content (AvgIpc) is 3.04. The van der Waals surface area contributed by atoms with Crippen LogP contribution in [0.25, 0.3) is 0 Å². The third-order valence-corrected chi connectivity index (χ3v) is 3.92. The molecule has 1 unspecified atom stereocenters. The van der Waals surface area contributed by atoms with Crippen LogP contribution in [0.4, 0.5) is 0 Å². The number of hydrazine groups is 1. The van der Waals surface area contributed by atoms with Gasteiger partial charge in [-0.25, -0.2) is 0 Å². The van der Waals surface area contributed by atoms with E-state index in [2.05, 4.69) is 40.9 Å². The topological polar surface area (TPSA) is 81.7 Å². The first-order valence-corrected chi connectivity index (χ1v) is 7.24. The van der Waals surface area contributed by atoms with Gasteiger partial charge in [0.2, 0.25) is 0 Å². The van der Waals surface area contributed by atoms with Gasteiger partial charge in [-0.05, 0) is 37.9 Å². The highest BCUT2D eigenvalue weighted by atomic mass is 32.1. The number of hydrogen-bond acceptors (Lipinski definition) is 6. The van der Waals surface area contributed by atoms with Crippen LogP contribution in [-0.2, 0) is 12.8 Å². The lowest BCUT2D eigenvalue weighted by Gasteiger charge is -2.13. The minimum atomic E-state index is 0.0189. The maximum absolute atomic E-state index is 5.67. The normalized spacial score (nSPS) is 13.1. The van der Waals surface area contributed by atoms with E-state index in [-0.39, 0.29) is 6.04 Å². The molecular weight excluding hydrogens is 260 g/mol. The Labute approximate surface area is 117 Å². The molecule has 0 bridgehead atoms. The smallest absolute Gasteiger partial charge is 0.0801 e. The summed E-state index contributed by atoms with van der Waals surface area (Å²) in [6.07, 6.45) is 3.61. The molecule has 104 valence electrons. The molecule has 0 fully saturated rings.